The molecule has 102 valence electrons. The highest BCUT2D eigenvalue weighted by molar-refractivity contribution is 7.92. The van der Waals surface area contributed by atoms with Crippen LogP contribution in [-0.4, -0.2) is 23.2 Å². The highest BCUT2D eigenvalue weighted by atomic mass is 35.5. The van der Waals surface area contributed by atoms with Crippen LogP contribution in [0.2, 0.25) is 10.2 Å². The average molecular weight is 321 g/mol. The van der Waals surface area contributed by atoms with Crippen LogP contribution in [0.15, 0.2) is 23.5 Å². The number of halogens is 2. The van der Waals surface area contributed by atoms with Crippen molar-refractivity contribution in [3.05, 3.63) is 34.2 Å². The fourth-order valence-corrected chi connectivity index (χ4v) is 3.44. The van der Waals surface area contributed by atoms with Crippen molar-refractivity contribution in [2.24, 2.45) is 7.05 Å². The normalized spacial score (nSPS) is 11.6. The van der Waals surface area contributed by atoms with Crippen molar-refractivity contribution in [3.8, 4) is 0 Å². The smallest absolute Gasteiger partial charge is 0.275 e. The first kappa shape index (κ1) is 14.1. The Labute approximate surface area is 120 Å². The number of aromatic nitrogens is 3. The first-order valence-corrected chi connectivity index (χ1v) is 7.37. The summed E-state index contributed by atoms with van der Waals surface area (Å²) in [6.07, 6.45) is 2.80. The summed E-state index contributed by atoms with van der Waals surface area (Å²) in [5, 5.41) is 3.74. The highest BCUT2D eigenvalue weighted by Crippen LogP contribution is 2.26. The molecule has 0 aliphatic heterocycles. The van der Waals surface area contributed by atoms with Crippen molar-refractivity contribution >= 4 is 38.9 Å². The summed E-state index contributed by atoms with van der Waals surface area (Å²) >= 11 is 11.7. The van der Waals surface area contributed by atoms with E-state index in [4.69, 9.17) is 23.2 Å². The molecule has 0 aromatic carbocycles. The predicted molar refractivity (Wildman–Crippen MR) is 73.0 cm³/mol. The molecule has 19 heavy (non-hydrogen) atoms. The maximum atomic E-state index is 12.2. The standard InChI is InChI=1S/C10H10Cl2N4O2S/c1-6-3-8(9(12)13-4-6)15-19(17,18)10-7(11)5-14-16(10)2/h3-5,15H,1-2H3. The molecule has 0 fully saturated rings. The first-order valence-electron chi connectivity index (χ1n) is 5.14. The quantitative estimate of drug-likeness (QED) is 0.880. The van der Waals surface area contributed by atoms with Gasteiger partial charge in [0.2, 0.25) is 0 Å². The van der Waals surface area contributed by atoms with Crippen molar-refractivity contribution in [2.45, 2.75) is 11.9 Å². The second kappa shape index (κ2) is 4.99. The van der Waals surface area contributed by atoms with Crippen molar-refractivity contribution in [2.75, 3.05) is 4.72 Å². The molecule has 2 rings (SSSR count). The van der Waals surface area contributed by atoms with E-state index in [1.54, 1.807) is 13.0 Å². The van der Waals surface area contributed by atoms with Crippen molar-refractivity contribution in [1.29, 1.82) is 0 Å². The third-order valence-electron chi connectivity index (χ3n) is 2.32. The number of rotatable bonds is 3. The van der Waals surface area contributed by atoms with Crippen LogP contribution in [0.1, 0.15) is 5.56 Å². The van der Waals surface area contributed by atoms with E-state index in [9.17, 15) is 8.42 Å². The van der Waals surface area contributed by atoms with E-state index >= 15 is 0 Å². The molecule has 2 aromatic heterocycles. The van der Waals surface area contributed by atoms with Crippen LogP contribution in [0.5, 0.6) is 0 Å². The molecule has 0 aliphatic rings. The van der Waals surface area contributed by atoms with Gasteiger partial charge in [-0.2, -0.15) is 13.5 Å². The minimum atomic E-state index is -3.88. The Kier molecular flexibility index (Phi) is 3.71. The van der Waals surface area contributed by atoms with E-state index in [0.717, 1.165) is 5.56 Å². The third-order valence-corrected chi connectivity index (χ3v) is 4.49. The van der Waals surface area contributed by atoms with Gasteiger partial charge < -0.3 is 0 Å². The zero-order valence-corrected chi connectivity index (χ0v) is 12.4. The first-order chi connectivity index (χ1) is 8.81. The number of pyridine rings is 1. The zero-order valence-electron chi connectivity index (χ0n) is 10.1. The molecule has 6 nitrogen and oxygen atoms in total. The summed E-state index contributed by atoms with van der Waals surface area (Å²) in [4.78, 5) is 3.87. The predicted octanol–water partition coefficient (Wildman–Crippen LogP) is 2.23. The number of hydrogen-bond donors (Lipinski definition) is 1. The van der Waals surface area contributed by atoms with Gasteiger partial charge >= 0.3 is 0 Å². The van der Waals surface area contributed by atoms with Gasteiger partial charge in [0.05, 0.1) is 16.9 Å². The molecule has 2 aromatic rings. The zero-order chi connectivity index (χ0) is 14.2. The van der Waals surface area contributed by atoms with Gasteiger partial charge in [0.25, 0.3) is 10.0 Å². The van der Waals surface area contributed by atoms with Crippen LogP contribution in [0, 0.1) is 6.92 Å². The molecule has 2 heterocycles. The van der Waals surface area contributed by atoms with Crippen molar-refractivity contribution in [1.82, 2.24) is 14.8 Å². The van der Waals surface area contributed by atoms with Gasteiger partial charge in [0.1, 0.15) is 0 Å². The maximum Gasteiger partial charge on any atom is 0.280 e. The molecule has 0 spiro atoms. The number of sulfonamides is 1. The van der Waals surface area contributed by atoms with Gasteiger partial charge in [-0.1, -0.05) is 23.2 Å². The largest absolute Gasteiger partial charge is 0.280 e. The Hall–Kier alpha value is -1.31. The molecule has 0 aliphatic carbocycles. The summed E-state index contributed by atoms with van der Waals surface area (Å²) in [6.45, 7) is 1.78. The topological polar surface area (TPSA) is 76.9 Å². The summed E-state index contributed by atoms with van der Waals surface area (Å²) in [5.74, 6) is 0. The van der Waals surface area contributed by atoms with Gasteiger partial charge in [-0.25, -0.2) is 4.98 Å². The second-order valence-corrected chi connectivity index (χ2v) is 6.24. The van der Waals surface area contributed by atoms with Crippen molar-refractivity contribution < 1.29 is 8.42 Å². The Morgan fingerprint density at radius 3 is 2.58 bits per heavy atom. The lowest BCUT2D eigenvalue weighted by Crippen LogP contribution is -2.17. The van der Waals surface area contributed by atoms with Gasteiger partial charge in [-0.05, 0) is 18.6 Å². The number of hydrogen-bond acceptors (Lipinski definition) is 4. The van der Waals surface area contributed by atoms with Gasteiger partial charge in [0.15, 0.2) is 10.2 Å². The molecular weight excluding hydrogens is 311 g/mol. The molecule has 0 radical (unpaired) electrons. The molecule has 0 saturated heterocycles. The molecule has 0 unspecified atom stereocenters. The Bertz CT molecular complexity index is 708. The minimum Gasteiger partial charge on any atom is -0.275 e. The fourth-order valence-electron chi connectivity index (χ4n) is 1.52. The maximum absolute atomic E-state index is 12.2. The average Bonchev–Trinajstić information content (AvgIpc) is 2.64. The van der Waals surface area contributed by atoms with E-state index in [1.807, 2.05) is 0 Å². The molecule has 0 atom stereocenters. The van der Waals surface area contributed by atoms with Crippen LogP contribution < -0.4 is 4.72 Å². The van der Waals surface area contributed by atoms with E-state index in [0.29, 0.717) is 0 Å². The molecule has 0 amide bonds. The summed E-state index contributed by atoms with van der Waals surface area (Å²) in [7, 11) is -2.39. The molecule has 9 heteroatoms. The lowest BCUT2D eigenvalue weighted by molar-refractivity contribution is 0.582. The summed E-state index contributed by atoms with van der Waals surface area (Å²) in [5.41, 5.74) is 0.970. The van der Waals surface area contributed by atoms with Crippen molar-refractivity contribution in [3.63, 3.8) is 0 Å². The molecule has 1 N–H and O–H groups in total. The minimum absolute atomic E-state index is 0.0340. The van der Waals surface area contributed by atoms with Gasteiger partial charge in [-0.15, -0.1) is 0 Å². The number of anilines is 1. The SMILES string of the molecule is Cc1cnc(Cl)c(NS(=O)(=O)c2c(Cl)cnn2C)c1. The highest BCUT2D eigenvalue weighted by Gasteiger charge is 2.23. The fraction of sp³-hybridized carbons (Fsp3) is 0.200. The summed E-state index contributed by atoms with van der Waals surface area (Å²) in [6, 6.07) is 1.58. The lowest BCUT2D eigenvalue weighted by Gasteiger charge is -2.10. The Morgan fingerprint density at radius 1 is 1.32 bits per heavy atom. The van der Waals surface area contributed by atoms with Crippen LogP contribution in [0.25, 0.3) is 0 Å². The Balaban J connectivity index is 2.45. The number of aryl methyl sites for hydroxylation is 2. The molecule has 0 saturated carbocycles. The van der Waals surface area contributed by atoms with Crippen LogP contribution in [0.4, 0.5) is 5.69 Å². The monoisotopic (exact) mass is 320 g/mol. The second-order valence-electron chi connectivity index (χ2n) is 3.88. The van der Waals surface area contributed by atoms with E-state index in [2.05, 4.69) is 14.8 Å². The van der Waals surface area contributed by atoms with Gasteiger partial charge in [-0.3, -0.25) is 9.40 Å². The number of nitrogens with zero attached hydrogens (tertiary/aromatic N) is 3. The lowest BCUT2D eigenvalue weighted by atomic mass is 10.3. The summed E-state index contributed by atoms with van der Waals surface area (Å²) < 4.78 is 28.0. The van der Waals surface area contributed by atoms with Gasteiger partial charge in [0, 0.05) is 13.2 Å². The van der Waals surface area contributed by atoms with E-state index in [-0.39, 0.29) is 20.9 Å². The van der Waals surface area contributed by atoms with Crippen LogP contribution in [0.3, 0.4) is 0 Å². The third kappa shape index (κ3) is 2.83. The van der Waals surface area contributed by atoms with Crippen LogP contribution in [-0.2, 0) is 17.1 Å². The molecule has 0 bridgehead atoms. The number of nitrogens with one attached hydrogen (secondary N) is 1. The Morgan fingerprint density at radius 2 is 2.00 bits per heavy atom. The molecular formula is C10H10Cl2N4O2S. The van der Waals surface area contributed by atoms with E-state index < -0.39 is 10.0 Å². The van der Waals surface area contributed by atoms with E-state index in [1.165, 1.54) is 24.1 Å². The van der Waals surface area contributed by atoms with Crippen LogP contribution >= 0.6 is 23.2 Å².